The molecule has 0 radical (unpaired) electrons. The largest absolute Gasteiger partial charge is 0.351 e. The second-order valence-electron chi connectivity index (χ2n) is 4.73. The summed E-state index contributed by atoms with van der Waals surface area (Å²) in [4.78, 5) is 11.0. The molecule has 0 aliphatic carbocycles. The molecule has 7 heteroatoms. The van der Waals surface area contributed by atoms with Gasteiger partial charge >= 0.3 is 0 Å². The Balaban J connectivity index is 1.52. The molecule has 3 aromatic heterocycles. The molecule has 1 aliphatic rings. The highest BCUT2D eigenvalue weighted by Crippen LogP contribution is 2.25. The second kappa shape index (κ2) is 4.44. The summed E-state index contributed by atoms with van der Waals surface area (Å²) in [5, 5.41) is 8.43. The molecule has 0 saturated carbocycles. The lowest BCUT2D eigenvalue weighted by Crippen LogP contribution is -2.48. The molecule has 0 amide bonds. The SMILES string of the molecule is c1cnn(-c2cncc(N3CC(n4cccn4)C3)n2)c1. The monoisotopic (exact) mass is 267 g/mol. The van der Waals surface area contributed by atoms with Crippen LogP contribution in [0.5, 0.6) is 0 Å². The van der Waals surface area contributed by atoms with Gasteiger partial charge in [0.15, 0.2) is 5.82 Å². The second-order valence-corrected chi connectivity index (χ2v) is 4.73. The van der Waals surface area contributed by atoms with Crippen LogP contribution in [0.25, 0.3) is 5.82 Å². The van der Waals surface area contributed by atoms with Gasteiger partial charge in [0, 0.05) is 37.9 Å². The number of anilines is 1. The van der Waals surface area contributed by atoms with Crippen LogP contribution in [-0.2, 0) is 0 Å². The lowest BCUT2D eigenvalue weighted by Gasteiger charge is -2.39. The molecule has 1 saturated heterocycles. The maximum absolute atomic E-state index is 4.59. The lowest BCUT2D eigenvalue weighted by molar-refractivity contribution is 0.365. The van der Waals surface area contributed by atoms with Gasteiger partial charge in [-0.05, 0) is 12.1 Å². The van der Waals surface area contributed by atoms with Gasteiger partial charge < -0.3 is 4.90 Å². The van der Waals surface area contributed by atoms with Crippen LogP contribution in [0.4, 0.5) is 5.82 Å². The van der Waals surface area contributed by atoms with E-state index in [0.717, 1.165) is 24.7 Å². The third-order valence-corrected chi connectivity index (χ3v) is 3.43. The molecule has 7 nitrogen and oxygen atoms in total. The number of aromatic nitrogens is 6. The first-order chi connectivity index (χ1) is 9.90. The molecule has 4 heterocycles. The van der Waals surface area contributed by atoms with E-state index in [4.69, 9.17) is 0 Å². The van der Waals surface area contributed by atoms with Crippen molar-refractivity contribution in [2.24, 2.45) is 0 Å². The standard InChI is InChI=1S/C13H13N7/c1-3-15-19(5-1)11-9-18(10-11)12-7-14-8-13(17-12)20-6-2-4-16-20/h1-8,11H,9-10H2. The Morgan fingerprint density at radius 2 is 1.75 bits per heavy atom. The minimum atomic E-state index is 0.417. The molecule has 100 valence electrons. The zero-order valence-electron chi connectivity index (χ0n) is 10.7. The average molecular weight is 267 g/mol. The number of hydrogen-bond donors (Lipinski definition) is 0. The van der Waals surface area contributed by atoms with Crippen LogP contribution < -0.4 is 4.90 Å². The number of nitrogens with zero attached hydrogens (tertiary/aromatic N) is 7. The number of hydrogen-bond acceptors (Lipinski definition) is 5. The summed E-state index contributed by atoms with van der Waals surface area (Å²) >= 11 is 0. The fraction of sp³-hybridized carbons (Fsp3) is 0.231. The van der Waals surface area contributed by atoms with Gasteiger partial charge in [0.25, 0.3) is 0 Å². The predicted octanol–water partition coefficient (Wildman–Crippen LogP) is 0.920. The first-order valence-electron chi connectivity index (χ1n) is 6.46. The third-order valence-electron chi connectivity index (χ3n) is 3.43. The van der Waals surface area contributed by atoms with Crippen molar-refractivity contribution >= 4 is 5.82 Å². The Hall–Kier alpha value is -2.70. The van der Waals surface area contributed by atoms with Crippen molar-refractivity contribution in [1.29, 1.82) is 0 Å². The normalized spacial score (nSPS) is 15.3. The van der Waals surface area contributed by atoms with E-state index in [1.165, 1.54) is 0 Å². The van der Waals surface area contributed by atoms with Crippen LogP contribution in [0.1, 0.15) is 6.04 Å². The lowest BCUT2D eigenvalue weighted by atomic mass is 10.1. The van der Waals surface area contributed by atoms with E-state index in [9.17, 15) is 0 Å². The highest BCUT2D eigenvalue weighted by atomic mass is 15.4. The Morgan fingerprint density at radius 3 is 2.50 bits per heavy atom. The summed E-state index contributed by atoms with van der Waals surface area (Å²) in [7, 11) is 0. The molecule has 0 aromatic carbocycles. The molecule has 0 unspecified atom stereocenters. The zero-order chi connectivity index (χ0) is 13.4. The Morgan fingerprint density at radius 1 is 0.950 bits per heavy atom. The molecule has 0 atom stereocenters. The fourth-order valence-corrected chi connectivity index (χ4v) is 2.32. The minimum Gasteiger partial charge on any atom is -0.351 e. The van der Waals surface area contributed by atoms with Crippen molar-refractivity contribution in [2.75, 3.05) is 18.0 Å². The molecule has 3 aromatic rings. The smallest absolute Gasteiger partial charge is 0.173 e. The van der Waals surface area contributed by atoms with Gasteiger partial charge in [-0.15, -0.1) is 0 Å². The van der Waals surface area contributed by atoms with Crippen LogP contribution >= 0.6 is 0 Å². The first kappa shape index (κ1) is 11.2. The molecule has 0 N–H and O–H groups in total. The minimum absolute atomic E-state index is 0.417. The highest BCUT2D eigenvalue weighted by molar-refractivity contribution is 5.42. The van der Waals surface area contributed by atoms with Gasteiger partial charge in [0.2, 0.25) is 0 Å². The van der Waals surface area contributed by atoms with E-state index in [1.54, 1.807) is 29.5 Å². The first-order valence-corrected chi connectivity index (χ1v) is 6.46. The molecular formula is C13H13N7. The molecule has 1 fully saturated rings. The Kier molecular flexibility index (Phi) is 2.48. The van der Waals surface area contributed by atoms with Crippen LogP contribution in [0.2, 0.25) is 0 Å². The summed E-state index contributed by atoms with van der Waals surface area (Å²) in [6.07, 6.45) is 10.9. The highest BCUT2D eigenvalue weighted by Gasteiger charge is 2.29. The van der Waals surface area contributed by atoms with E-state index in [0.29, 0.717) is 6.04 Å². The van der Waals surface area contributed by atoms with E-state index < -0.39 is 0 Å². The van der Waals surface area contributed by atoms with Crippen LogP contribution in [0, 0.1) is 0 Å². The van der Waals surface area contributed by atoms with Gasteiger partial charge in [-0.1, -0.05) is 0 Å². The molecule has 20 heavy (non-hydrogen) atoms. The average Bonchev–Trinajstić information content (AvgIpc) is 3.11. The van der Waals surface area contributed by atoms with Crippen molar-refractivity contribution in [2.45, 2.75) is 6.04 Å². The van der Waals surface area contributed by atoms with Gasteiger partial charge in [-0.3, -0.25) is 9.67 Å². The van der Waals surface area contributed by atoms with E-state index in [2.05, 4.69) is 25.1 Å². The molecule has 0 bridgehead atoms. The van der Waals surface area contributed by atoms with E-state index in [-0.39, 0.29) is 0 Å². The topological polar surface area (TPSA) is 64.7 Å². The van der Waals surface area contributed by atoms with Crippen molar-refractivity contribution < 1.29 is 0 Å². The third kappa shape index (κ3) is 1.83. The molecular weight excluding hydrogens is 254 g/mol. The van der Waals surface area contributed by atoms with Crippen molar-refractivity contribution in [3.8, 4) is 5.82 Å². The van der Waals surface area contributed by atoms with Crippen molar-refractivity contribution in [3.05, 3.63) is 49.3 Å². The van der Waals surface area contributed by atoms with Crippen LogP contribution in [-0.4, -0.2) is 42.6 Å². The van der Waals surface area contributed by atoms with Crippen molar-refractivity contribution in [3.63, 3.8) is 0 Å². The molecule has 0 spiro atoms. The van der Waals surface area contributed by atoms with Gasteiger partial charge in [0.05, 0.1) is 18.4 Å². The Bertz CT molecular complexity index is 683. The van der Waals surface area contributed by atoms with Gasteiger partial charge in [-0.25, -0.2) is 9.67 Å². The summed E-state index contributed by atoms with van der Waals surface area (Å²) in [6, 6.07) is 4.23. The van der Waals surface area contributed by atoms with Crippen LogP contribution in [0.15, 0.2) is 49.3 Å². The quantitative estimate of drug-likeness (QED) is 0.706. The maximum atomic E-state index is 4.59. The summed E-state index contributed by atoms with van der Waals surface area (Å²) in [5.41, 5.74) is 0. The Labute approximate surface area is 115 Å². The van der Waals surface area contributed by atoms with Crippen molar-refractivity contribution in [1.82, 2.24) is 29.5 Å². The number of rotatable bonds is 3. The van der Waals surface area contributed by atoms with E-state index in [1.807, 2.05) is 29.2 Å². The van der Waals surface area contributed by atoms with E-state index >= 15 is 0 Å². The zero-order valence-corrected chi connectivity index (χ0v) is 10.7. The van der Waals surface area contributed by atoms with Gasteiger partial charge in [0.1, 0.15) is 5.82 Å². The molecule has 1 aliphatic heterocycles. The molecule has 4 rings (SSSR count). The van der Waals surface area contributed by atoms with Crippen LogP contribution in [0.3, 0.4) is 0 Å². The summed E-state index contributed by atoms with van der Waals surface area (Å²) in [6.45, 7) is 1.80. The summed E-state index contributed by atoms with van der Waals surface area (Å²) in [5.74, 6) is 1.61. The predicted molar refractivity (Wildman–Crippen MR) is 72.6 cm³/mol. The maximum Gasteiger partial charge on any atom is 0.173 e. The summed E-state index contributed by atoms with van der Waals surface area (Å²) < 4.78 is 3.70. The fourth-order valence-electron chi connectivity index (χ4n) is 2.32. The van der Waals surface area contributed by atoms with Gasteiger partial charge in [-0.2, -0.15) is 10.2 Å².